The number of para-hydroxylation sites is 1. The predicted octanol–water partition coefficient (Wildman–Crippen LogP) is 3.98. The van der Waals surface area contributed by atoms with Gasteiger partial charge < -0.3 is 9.47 Å². The largest absolute Gasteiger partial charge is 0.492 e. The summed E-state index contributed by atoms with van der Waals surface area (Å²) in [4.78, 5) is 12.0. The minimum Gasteiger partial charge on any atom is -0.492 e. The number of hydrogen-bond donors (Lipinski definition) is 0. The molecule has 0 bridgehead atoms. The summed E-state index contributed by atoms with van der Waals surface area (Å²) in [5.74, 6) is 0.379. The third-order valence-corrected chi connectivity index (χ3v) is 3.17. The summed E-state index contributed by atoms with van der Waals surface area (Å²) in [5.41, 5.74) is 1.57. The molecule has 18 heavy (non-hydrogen) atoms. The fraction of sp³-hybridized carbons (Fsp3) is 0.500. The number of ether oxygens (including phenoxy) is 2. The smallest absolute Gasteiger partial charge is 0.341 e. The lowest BCUT2D eigenvalue weighted by atomic mass is 10.1. The van der Waals surface area contributed by atoms with E-state index in [1.807, 2.05) is 26.0 Å². The summed E-state index contributed by atoms with van der Waals surface area (Å²) in [7, 11) is 0. The monoisotopic (exact) mass is 362 g/mol. The molecule has 4 heteroatoms. The Bertz CT molecular complexity index is 391. The van der Waals surface area contributed by atoms with E-state index in [0.29, 0.717) is 24.5 Å². The van der Waals surface area contributed by atoms with Gasteiger partial charge in [0.25, 0.3) is 0 Å². The van der Waals surface area contributed by atoms with Gasteiger partial charge in [-0.05, 0) is 18.9 Å². The number of carbonyl (C=O) groups excluding carboxylic acids is 1. The van der Waals surface area contributed by atoms with Crippen LogP contribution in [0.1, 0.15) is 42.6 Å². The highest BCUT2D eigenvalue weighted by atomic mass is 127. The zero-order chi connectivity index (χ0) is 13.4. The molecule has 0 heterocycles. The normalized spacial score (nSPS) is 10.2. The average molecular weight is 362 g/mol. The summed E-state index contributed by atoms with van der Waals surface area (Å²) in [6.07, 6.45) is 1.74. The fourth-order valence-electron chi connectivity index (χ4n) is 1.50. The van der Waals surface area contributed by atoms with Crippen molar-refractivity contribution in [2.45, 2.75) is 31.1 Å². The minimum atomic E-state index is -0.297. The van der Waals surface area contributed by atoms with Crippen LogP contribution in [0.5, 0.6) is 5.75 Å². The number of rotatable bonds is 7. The highest BCUT2D eigenvalue weighted by Crippen LogP contribution is 2.27. The summed E-state index contributed by atoms with van der Waals surface area (Å²) in [6.45, 7) is 5.08. The maximum atomic E-state index is 12.0. The van der Waals surface area contributed by atoms with Crippen molar-refractivity contribution in [2.24, 2.45) is 0 Å². The van der Waals surface area contributed by atoms with E-state index in [4.69, 9.17) is 9.47 Å². The van der Waals surface area contributed by atoms with E-state index in [2.05, 4.69) is 22.6 Å². The molecular formula is C14H19IO3. The number of hydrogen-bond acceptors (Lipinski definition) is 3. The van der Waals surface area contributed by atoms with Crippen LogP contribution in [0.4, 0.5) is 0 Å². The summed E-state index contributed by atoms with van der Waals surface area (Å²) >= 11 is 2.27. The van der Waals surface area contributed by atoms with Crippen molar-refractivity contribution in [3.05, 3.63) is 29.3 Å². The molecule has 0 fully saturated rings. The van der Waals surface area contributed by atoms with E-state index in [0.717, 1.165) is 22.8 Å². The lowest BCUT2D eigenvalue weighted by molar-refractivity contribution is 0.0500. The van der Waals surface area contributed by atoms with Gasteiger partial charge in [0.2, 0.25) is 0 Å². The van der Waals surface area contributed by atoms with E-state index in [1.165, 1.54) is 0 Å². The Hall–Kier alpha value is -0.780. The van der Waals surface area contributed by atoms with Crippen molar-refractivity contribution in [1.29, 1.82) is 0 Å². The number of benzene rings is 1. The van der Waals surface area contributed by atoms with Crippen LogP contribution in [-0.2, 0) is 9.16 Å². The molecule has 0 aliphatic rings. The van der Waals surface area contributed by atoms with Crippen molar-refractivity contribution in [3.8, 4) is 5.75 Å². The van der Waals surface area contributed by atoms with E-state index >= 15 is 0 Å². The lowest BCUT2D eigenvalue weighted by Gasteiger charge is -2.13. The van der Waals surface area contributed by atoms with Crippen molar-refractivity contribution in [2.75, 3.05) is 13.2 Å². The van der Waals surface area contributed by atoms with Gasteiger partial charge >= 0.3 is 5.97 Å². The zero-order valence-corrected chi connectivity index (χ0v) is 13.0. The SMILES string of the molecule is CCCOC(=O)c1cccc(CI)c1OCCC. The van der Waals surface area contributed by atoms with Crippen LogP contribution in [0.25, 0.3) is 0 Å². The Morgan fingerprint density at radius 1 is 1.22 bits per heavy atom. The van der Waals surface area contributed by atoms with Gasteiger partial charge in [-0.15, -0.1) is 0 Å². The standard InChI is InChI=1S/C14H19IO3/c1-3-8-17-13-11(10-15)6-5-7-12(13)14(16)18-9-4-2/h5-7H,3-4,8-10H2,1-2H3. The first-order valence-corrected chi connectivity index (χ1v) is 7.74. The molecule has 0 radical (unpaired) electrons. The van der Waals surface area contributed by atoms with Crippen LogP contribution in [0.2, 0.25) is 0 Å². The maximum absolute atomic E-state index is 12.0. The quantitative estimate of drug-likeness (QED) is 0.418. The lowest BCUT2D eigenvalue weighted by Crippen LogP contribution is -2.10. The molecule has 1 aromatic carbocycles. The molecule has 0 saturated heterocycles. The maximum Gasteiger partial charge on any atom is 0.341 e. The van der Waals surface area contributed by atoms with Crippen LogP contribution in [0.15, 0.2) is 18.2 Å². The van der Waals surface area contributed by atoms with Crippen molar-refractivity contribution >= 4 is 28.6 Å². The van der Waals surface area contributed by atoms with Crippen molar-refractivity contribution < 1.29 is 14.3 Å². The zero-order valence-electron chi connectivity index (χ0n) is 10.9. The fourth-order valence-corrected chi connectivity index (χ4v) is 2.10. The van der Waals surface area contributed by atoms with Gasteiger partial charge in [-0.2, -0.15) is 0 Å². The highest BCUT2D eigenvalue weighted by Gasteiger charge is 2.16. The third kappa shape index (κ3) is 4.15. The van der Waals surface area contributed by atoms with E-state index < -0.39 is 0 Å². The molecule has 0 unspecified atom stereocenters. The first kappa shape index (κ1) is 15.3. The molecule has 1 aromatic rings. The van der Waals surface area contributed by atoms with Crippen LogP contribution in [0, 0.1) is 0 Å². The topological polar surface area (TPSA) is 35.5 Å². The van der Waals surface area contributed by atoms with Gasteiger partial charge in [-0.3, -0.25) is 0 Å². The average Bonchev–Trinajstić information content (AvgIpc) is 2.41. The number of halogens is 1. The summed E-state index contributed by atoms with van der Waals surface area (Å²) in [6, 6.07) is 5.61. The van der Waals surface area contributed by atoms with Crippen LogP contribution < -0.4 is 4.74 Å². The van der Waals surface area contributed by atoms with Crippen LogP contribution in [0.3, 0.4) is 0 Å². The molecule has 100 valence electrons. The van der Waals surface area contributed by atoms with Gasteiger partial charge in [-0.25, -0.2) is 4.79 Å². The second-order valence-electron chi connectivity index (χ2n) is 3.91. The Morgan fingerprint density at radius 3 is 2.56 bits per heavy atom. The number of carbonyl (C=O) groups is 1. The molecule has 0 aliphatic carbocycles. The Labute approximate surface area is 122 Å². The van der Waals surface area contributed by atoms with E-state index in [-0.39, 0.29) is 5.97 Å². The first-order valence-electron chi connectivity index (χ1n) is 6.22. The van der Waals surface area contributed by atoms with E-state index in [1.54, 1.807) is 6.07 Å². The van der Waals surface area contributed by atoms with Gasteiger partial charge in [-0.1, -0.05) is 48.6 Å². The van der Waals surface area contributed by atoms with E-state index in [9.17, 15) is 4.79 Å². The molecule has 0 spiro atoms. The van der Waals surface area contributed by atoms with Crippen molar-refractivity contribution in [1.82, 2.24) is 0 Å². The van der Waals surface area contributed by atoms with Gasteiger partial charge in [0.1, 0.15) is 11.3 Å². The minimum absolute atomic E-state index is 0.297. The molecular weight excluding hydrogens is 343 g/mol. The molecule has 0 amide bonds. The number of esters is 1. The summed E-state index contributed by atoms with van der Waals surface area (Å²) < 4.78 is 11.7. The van der Waals surface area contributed by atoms with Gasteiger partial charge in [0, 0.05) is 9.99 Å². The first-order chi connectivity index (χ1) is 8.74. The third-order valence-electron chi connectivity index (χ3n) is 2.35. The van der Waals surface area contributed by atoms with Gasteiger partial charge in [0.05, 0.1) is 13.2 Å². The van der Waals surface area contributed by atoms with Crippen molar-refractivity contribution in [3.63, 3.8) is 0 Å². The predicted molar refractivity (Wildman–Crippen MR) is 80.5 cm³/mol. The molecule has 0 saturated carbocycles. The highest BCUT2D eigenvalue weighted by molar-refractivity contribution is 14.1. The van der Waals surface area contributed by atoms with Crippen LogP contribution in [-0.4, -0.2) is 19.2 Å². The molecule has 0 aliphatic heterocycles. The molecule has 0 N–H and O–H groups in total. The summed E-state index contributed by atoms with van der Waals surface area (Å²) in [5, 5.41) is 0. The molecule has 0 atom stereocenters. The number of alkyl halides is 1. The van der Waals surface area contributed by atoms with Crippen LogP contribution >= 0.6 is 22.6 Å². The molecule has 3 nitrogen and oxygen atoms in total. The second kappa shape index (κ2) is 8.34. The molecule has 1 rings (SSSR count). The Balaban J connectivity index is 2.97. The Morgan fingerprint density at radius 2 is 1.94 bits per heavy atom. The molecule has 0 aromatic heterocycles. The van der Waals surface area contributed by atoms with Gasteiger partial charge in [0.15, 0.2) is 0 Å². The Kier molecular flexibility index (Phi) is 7.08. The second-order valence-corrected chi connectivity index (χ2v) is 4.67.